The van der Waals surface area contributed by atoms with Crippen molar-refractivity contribution in [2.45, 2.75) is 6.92 Å². The minimum atomic E-state index is -1.17. The number of ether oxygens (including phenoxy) is 2. The molecule has 0 bridgehead atoms. The van der Waals surface area contributed by atoms with E-state index in [0.717, 1.165) is 0 Å². The molecule has 0 aromatic heterocycles. The second-order valence-electron chi connectivity index (χ2n) is 4.03. The highest BCUT2D eigenvalue weighted by molar-refractivity contribution is 7.80. The fourth-order valence-electron chi connectivity index (χ4n) is 1.31. The van der Waals surface area contributed by atoms with Crippen LogP contribution in [-0.4, -0.2) is 47.8 Å². The van der Waals surface area contributed by atoms with E-state index < -0.39 is 11.9 Å². The number of carbonyl (C=O) groups excluding carboxylic acids is 1. The molecule has 6 nitrogen and oxygen atoms in total. The number of hydrogen-bond acceptors (Lipinski definition) is 5. The summed E-state index contributed by atoms with van der Waals surface area (Å²) in [5, 5.41) is 9.19. The van der Waals surface area contributed by atoms with Crippen LogP contribution in [0, 0.1) is 0 Å². The van der Waals surface area contributed by atoms with Crippen molar-refractivity contribution in [2.24, 2.45) is 0 Å². The molecule has 20 heavy (non-hydrogen) atoms. The molecule has 108 valence electrons. The van der Waals surface area contributed by atoms with Crippen LogP contribution in [0.5, 0.6) is 5.75 Å². The Hall–Kier alpha value is -2.15. The number of thiocarbonyl (C=S) groups is 1. The number of rotatable bonds is 4. The van der Waals surface area contributed by atoms with E-state index in [2.05, 4.69) is 0 Å². The summed E-state index contributed by atoms with van der Waals surface area (Å²) in [5.41, 5.74) is 0.0235. The molecule has 0 saturated heterocycles. The minimum absolute atomic E-state index is 0.0768. The van der Waals surface area contributed by atoms with Crippen molar-refractivity contribution in [3.05, 3.63) is 29.3 Å². The van der Waals surface area contributed by atoms with Gasteiger partial charge in [0.1, 0.15) is 5.75 Å². The standard InChI is InChI=1S/C13H15NO5S/c1-4-18-12(17)9-5-8(11(15)16)6-10(7-9)19-13(20)14(2)3/h5-7H,4H2,1-3H3,(H,15,16). The van der Waals surface area contributed by atoms with E-state index in [1.165, 1.54) is 18.2 Å². The molecular weight excluding hydrogens is 282 g/mol. The van der Waals surface area contributed by atoms with Gasteiger partial charge in [-0.1, -0.05) is 0 Å². The van der Waals surface area contributed by atoms with Gasteiger partial charge in [0.05, 0.1) is 17.7 Å². The van der Waals surface area contributed by atoms with Crippen LogP contribution in [0.15, 0.2) is 18.2 Å². The van der Waals surface area contributed by atoms with Crippen LogP contribution in [0.3, 0.4) is 0 Å². The van der Waals surface area contributed by atoms with Crippen molar-refractivity contribution >= 4 is 29.3 Å². The van der Waals surface area contributed by atoms with E-state index >= 15 is 0 Å². The molecule has 0 aliphatic rings. The first kappa shape index (κ1) is 15.9. The fraction of sp³-hybridized carbons (Fsp3) is 0.308. The maximum absolute atomic E-state index is 11.7. The molecule has 1 N–H and O–H groups in total. The van der Waals surface area contributed by atoms with E-state index in [1.54, 1.807) is 25.9 Å². The number of carboxylic acids is 1. The summed E-state index contributed by atoms with van der Waals surface area (Å²) in [5.74, 6) is -1.61. The Morgan fingerprint density at radius 1 is 1.25 bits per heavy atom. The highest BCUT2D eigenvalue weighted by Crippen LogP contribution is 2.19. The maximum atomic E-state index is 11.7. The molecule has 1 aromatic rings. The van der Waals surface area contributed by atoms with Gasteiger partial charge in [0.2, 0.25) is 0 Å². The molecule has 7 heteroatoms. The first-order valence-electron chi connectivity index (χ1n) is 5.79. The van der Waals surface area contributed by atoms with E-state index in [-0.39, 0.29) is 28.7 Å². The molecule has 0 saturated carbocycles. The summed E-state index contributed by atoms with van der Waals surface area (Å²) in [6, 6.07) is 3.91. The number of hydrogen-bond donors (Lipinski definition) is 1. The largest absolute Gasteiger partial charge is 0.478 e. The molecule has 0 amide bonds. The Labute approximate surface area is 121 Å². The van der Waals surface area contributed by atoms with Crippen molar-refractivity contribution in [1.29, 1.82) is 0 Å². The third-order valence-corrected chi connectivity index (χ3v) is 2.68. The quantitative estimate of drug-likeness (QED) is 0.670. The van der Waals surface area contributed by atoms with Gasteiger partial charge in [-0.15, -0.1) is 0 Å². The van der Waals surface area contributed by atoms with Gasteiger partial charge in [-0.2, -0.15) is 0 Å². The van der Waals surface area contributed by atoms with Crippen LogP contribution >= 0.6 is 12.2 Å². The monoisotopic (exact) mass is 297 g/mol. The van der Waals surface area contributed by atoms with Crippen LogP contribution in [0.2, 0.25) is 0 Å². The van der Waals surface area contributed by atoms with Gasteiger partial charge in [-0.3, -0.25) is 0 Å². The van der Waals surface area contributed by atoms with Crippen molar-refractivity contribution in [2.75, 3.05) is 20.7 Å². The molecule has 0 aliphatic carbocycles. The number of benzene rings is 1. The lowest BCUT2D eigenvalue weighted by molar-refractivity contribution is 0.0526. The third kappa shape index (κ3) is 4.20. The van der Waals surface area contributed by atoms with Gasteiger partial charge >= 0.3 is 11.9 Å². The topological polar surface area (TPSA) is 76.1 Å². The average Bonchev–Trinajstić information content (AvgIpc) is 2.38. The smallest absolute Gasteiger partial charge is 0.338 e. The third-order valence-electron chi connectivity index (χ3n) is 2.23. The Balaban J connectivity index is 3.14. The number of aromatic carboxylic acids is 1. The molecule has 0 fully saturated rings. The lowest BCUT2D eigenvalue weighted by Gasteiger charge is -2.15. The first-order valence-corrected chi connectivity index (χ1v) is 6.20. The summed E-state index contributed by atoms with van der Waals surface area (Å²) in [7, 11) is 3.38. The minimum Gasteiger partial charge on any atom is -0.478 e. The van der Waals surface area contributed by atoms with Gasteiger partial charge < -0.3 is 19.5 Å². The molecular formula is C13H15NO5S. The zero-order valence-electron chi connectivity index (χ0n) is 11.4. The van der Waals surface area contributed by atoms with Gasteiger partial charge in [-0.25, -0.2) is 9.59 Å². The molecule has 1 aromatic carbocycles. The Kier molecular flexibility index (Phi) is 5.45. The summed E-state index contributed by atoms with van der Waals surface area (Å²) in [6.45, 7) is 1.86. The molecule has 0 atom stereocenters. The number of carbonyl (C=O) groups is 2. The normalized spacial score (nSPS) is 9.75. The molecule has 0 unspecified atom stereocenters. The number of esters is 1. The second-order valence-corrected chi connectivity index (χ2v) is 4.38. The van der Waals surface area contributed by atoms with Crippen LogP contribution in [0.1, 0.15) is 27.6 Å². The summed E-state index contributed by atoms with van der Waals surface area (Å²) in [4.78, 5) is 24.3. The van der Waals surface area contributed by atoms with E-state index in [1.807, 2.05) is 0 Å². The van der Waals surface area contributed by atoms with Gasteiger partial charge in [0.25, 0.3) is 5.17 Å². The van der Waals surface area contributed by atoms with Crippen molar-refractivity contribution < 1.29 is 24.2 Å². The maximum Gasteiger partial charge on any atom is 0.338 e. The lowest BCUT2D eigenvalue weighted by atomic mass is 10.1. The fourth-order valence-corrected chi connectivity index (χ4v) is 1.40. The van der Waals surface area contributed by atoms with Crippen LogP contribution < -0.4 is 4.74 Å². The molecule has 0 radical (unpaired) electrons. The van der Waals surface area contributed by atoms with Crippen molar-refractivity contribution in [3.8, 4) is 5.75 Å². The Morgan fingerprint density at radius 3 is 2.35 bits per heavy atom. The number of carboxylic acid groups (broad SMARTS) is 1. The predicted molar refractivity (Wildman–Crippen MR) is 76.3 cm³/mol. The first-order chi connectivity index (χ1) is 9.35. The van der Waals surface area contributed by atoms with Crippen LogP contribution in [0.4, 0.5) is 0 Å². The molecule has 1 rings (SSSR count). The Bertz CT molecular complexity index is 542. The number of nitrogens with zero attached hydrogens (tertiary/aromatic N) is 1. The van der Waals surface area contributed by atoms with Gasteiger partial charge in [0, 0.05) is 14.1 Å². The average molecular weight is 297 g/mol. The van der Waals surface area contributed by atoms with E-state index in [4.69, 9.17) is 26.8 Å². The van der Waals surface area contributed by atoms with Crippen LogP contribution in [0.25, 0.3) is 0 Å². The summed E-state index contributed by atoms with van der Waals surface area (Å²) >= 11 is 4.97. The lowest BCUT2D eigenvalue weighted by Crippen LogP contribution is -2.25. The van der Waals surface area contributed by atoms with Gasteiger partial charge in [0.15, 0.2) is 0 Å². The van der Waals surface area contributed by atoms with Crippen molar-refractivity contribution in [3.63, 3.8) is 0 Å². The highest BCUT2D eigenvalue weighted by Gasteiger charge is 2.15. The van der Waals surface area contributed by atoms with Crippen LogP contribution in [-0.2, 0) is 4.74 Å². The molecule has 0 spiro atoms. The van der Waals surface area contributed by atoms with Gasteiger partial charge in [-0.05, 0) is 37.3 Å². The highest BCUT2D eigenvalue weighted by atomic mass is 32.1. The Morgan fingerprint density at radius 2 is 1.85 bits per heavy atom. The van der Waals surface area contributed by atoms with Crippen molar-refractivity contribution in [1.82, 2.24) is 4.90 Å². The second kappa shape index (κ2) is 6.85. The molecule has 0 aliphatic heterocycles. The van der Waals surface area contributed by atoms with E-state index in [0.29, 0.717) is 0 Å². The predicted octanol–water partition coefficient (Wildman–Crippen LogP) is 1.79. The molecule has 0 heterocycles. The zero-order chi connectivity index (χ0) is 15.3. The SMILES string of the molecule is CCOC(=O)c1cc(OC(=S)N(C)C)cc(C(=O)O)c1. The summed E-state index contributed by atoms with van der Waals surface area (Å²) < 4.78 is 10.2. The van der Waals surface area contributed by atoms with E-state index in [9.17, 15) is 9.59 Å². The summed E-state index contributed by atoms with van der Waals surface area (Å²) in [6.07, 6.45) is 0. The zero-order valence-corrected chi connectivity index (χ0v) is 12.2.